The molecule has 0 aliphatic heterocycles. The molecule has 3 rings (SSSR count). The van der Waals surface area contributed by atoms with E-state index in [1.807, 2.05) is 12.1 Å². The van der Waals surface area contributed by atoms with Gasteiger partial charge in [0.15, 0.2) is 0 Å². The second-order valence-electron chi connectivity index (χ2n) is 7.73. The van der Waals surface area contributed by atoms with E-state index in [-0.39, 0.29) is 5.82 Å². The second-order valence-corrected chi connectivity index (χ2v) is 7.73. The maximum Gasteiger partial charge on any atom is 0.123 e. The van der Waals surface area contributed by atoms with Crippen molar-refractivity contribution in [2.75, 3.05) is 0 Å². The minimum Gasteiger partial charge on any atom is -0.207 e. The van der Waals surface area contributed by atoms with Gasteiger partial charge in [-0.3, -0.25) is 0 Å². The van der Waals surface area contributed by atoms with Gasteiger partial charge in [0, 0.05) is 0 Å². The summed E-state index contributed by atoms with van der Waals surface area (Å²) in [5.74, 6) is 3.56. The molecule has 0 heterocycles. The molecular formula is C21H31F. The highest BCUT2D eigenvalue weighted by atomic mass is 19.1. The molecule has 0 saturated heterocycles. The average Bonchev–Trinajstić information content (AvgIpc) is 2.57. The lowest BCUT2D eigenvalue weighted by Gasteiger charge is -2.38. The van der Waals surface area contributed by atoms with Crippen molar-refractivity contribution < 1.29 is 4.39 Å². The zero-order valence-corrected chi connectivity index (χ0v) is 14.1. The molecule has 0 bridgehead atoms. The predicted molar refractivity (Wildman–Crippen MR) is 91.5 cm³/mol. The molecule has 0 spiro atoms. The molecule has 0 atom stereocenters. The summed E-state index contributed by atoms with van der Waals surface area (Å²) >= 11 is 0. The monoisotopic (exact) mass is 302 g/mol. The van der Waals surface area contributed by atoms with Gasteiger partial charge in [-0.2, -0.15) is 0 Å². The zero-order chi connectivity index (χ0) is 15.4. The van der Waals surface area contributed by atoms with Crippen molar-refractivity contribution in [1.82, 2.24) is 0 Å². The van der Waals surface area contributed by atoms with Crippen LogP contribution in [0, 0.1) is 23.6 Å². The molecule has 22 heavy (non-hydrogen) atoms. The van der Waals surface area contributed by atoms with Gasteiger partial charge >= 0.3 is 0 Å². The first-order valence-electron chi connectivity index (χ1n) is 9.51. The molecule has 2 fully saturated rings. The van der Waals surface area contributed by atoms with Crippen molar-refractivity contribution in [3.8, 4) is 0 Å². The van der Waals surface area contributed by atoms with E-state index >= 15 is 0 Å². The summed E-state index contributed by atoms with van der Waals surface area (Å²) in [6.45, 7) is 2.32. The molecule has 0 unspecified atom stereocenters. The van der Waals surface area contributed by atoms with Gasteiger partial charge in [-0.15, -0.1) is 0 Å². The summed E-state index contributed by atoms with van der Waals surface area (Å²) in [6.07, 6.45) is 14.1. The van der Waals surface area contributed by atoms with Crippen molar-refractivity contribution in [2.24, 2.45) is 17.8 Å². The van der Waals surface area contributed by atoms with Crippen molar-refractivity contribution >= 4 is 0 Å². The Morgan fingerprint density at radius 2 is 1.36 bits per heavy atom. The molecule has 0 nitrogen and oxygen atoms in total. The standard InChI is InChI=1S/C21H31F/c1-2-3-16-4-6-17(7-5-16)18-8-10-19(11-9-18)20-12-14-21(22)15-13-20/h12-19H,2-11H2,1H3/t16?,17?,18-,19-. The largest absolute Gasteiger partial charge is 0.207 e. The molecule has 0 N–H and O–H groups in total. The van der Waals surface area contributed by atoms with Crippen LogP contribution in [0.5, 0.6) is 0 Å². The number of benzene rings is 1. The number of rotatable bonds is 4. The maximum absolute atomic E-state index is 13.0. The Balaban J connectivity index is 1.47. The third-order valence-electron chi connectivity index (χ3n) is 6.37. The highest BCUT2D eigenvalue weighted by molar-refractivity contribution is 5.20. The zero-order valence-electron chi connectivity index (χ0n) is 14.1. The number of halogens is 1. The summed E-state index contributed by atoms with van der Waals surface area (Å²) < 4.78 is 13.0. The van der Waals surface area contributed by atoms with Gasteiger partial charge in [-0.25, -0.2) is 4.39 Å². The molecule has 0 radical (unpaired) electrons. The van der Waals surface area contributed by atoms with Crippen molar-refractivity contribution in [1.29, 1.82) is 0 Å². The third kappa shape index (κ3) is 3.91. The van der Waals surface area contributed by atoms with Crippen LogP contribution in [0.4, 0.5) is 4.39 Å². The number of hydrogen-bond acceptors (Lipinski definition) is 0. The summed E-state index contributed by atoms with van der Waals surface area (Å²) in [4.78, 5) is 0. The van der Waals surface area contributed by atoms with Gasteiger partial charge in [0.1, 0.15) is 5.82 Å². The van der Waals surface area contributed by atoms with E-state index in [9.17, 15) is 4.39 Å². The molecule has 2 aliphatic rings. The van der Waals surface area contributed by atoms with Crippen LogP contribution in [-0.2, 0) is 0 Å². The molecular weight excluding hydrogens is 271 g/mol. The van der Waals surface area contributed by atoms with Gasteiger partial charge in [0.2, 0.25) is 0 Å². The molecule has 1 aromatic rings. The Bertz CT molecular complexity index is 433. The quantitative estimate of drug-likeness (QED) is 0.580. The predicted octanol–water partition coefficient (Wildman–Crippen LogP) is 6.71. The Morgan fingerprint density at radius 3 is 1.91 bits per heavy atom. The summed E-state index contributed by atoms with van der Waals surface area (Å²) in [6, 6.07) is 7.24. The summed E-state index contributed by atoms with van der Waals surface area (Å²) in [5.41, 5.74) is 1.35. The highest BCUT2D eigenvalue weighted by Crippen LogP contribution is 2.44. The van der Waals surface area contributed by atoms with Crippen LogP contribution in [0.15, 0.2) is 24.3 Å². The first-order valence-corrected chi connectivity index (χ1v) is 9.51. The second kappa shape index (κ2) is 7.62. The fourth-order valence-corrected chi connectivity index (χ4v) is 5.02. The SMILES string of the molecule is CCCC1CCC([C@H]2CC[C@H](c3ccc(F)cc3)CC2)CC1. The van der Waals surface area contributed by atoms with E-state index in [4.69, 9.17) is 0 Å². The number of hydrogen-bond donors (Lipinski definition) is 0. The van der Waals surface area contributed by atoms with Gasteiger partial charge < -0.3 is 0 Å². The molecule has 2 saturated carbocycles. The smallest absolute Gasteiger partial charge is 0.123 e. The third-order valence-corrected chi connectivity index (χ3v) is 6.37. The Hall–Kier alpha value is -0.850. The van der Waals surface area contributed by atoms with Crippen LogP contribution in [-0.4, -0.2) is 0 Å². The molecule has 1 heteroatoms. The van der Waals surface area contributed by atoms with E-state index in [0.29, 0.717) is 5.92 Å². The lowest BCUT2D eigenvalue weighted by atomic mass is 9.68. The van der Waals surface area contributed by atoms with Crippen molar-refractivity contribution in [3.05, 3.63) is 35.6 Å². The maximum atomic E-state index is 13.0. The molecule has 1 aromatic carbocycles. The van der Waals surface area contributed by atoms with Gasteiger partial charge in [-0.1, -0.05) is 44.7 Å². The van der Waals surface area contributed by atoms with Crippen molar-refractivity contribution in [3.63, 3.8) is 0 Å². The normalized spacial score (nSPS) is 32.8. The average molecular weight is 302 g/mol. The highest BCUT2D eigenvalue weighted by Gasteiger charge is 2.30. The van der Waals surface area contributed by atoms with E-state index in [1.165, 1.54) is 69.8 Å². The summed E-state index contributed by atoms with van der Waals surface area (Å²) in [7, 11) is 0. The molecule has 2 aliphatic carbocycles. The van der Waals surface area contributed by atoms with Crippen LogP contribution in [0.2, 0.25) is 0 Å². The summed E-state index contributed by atoms with van der Waals surface area (Å²) in [5, 5.41) is 0. The lowest BCUT2D eigenvalue weighted by Crippen LogP contribution is -2.25. The van der Waals surface area contributed by atoms with E-state index in [0.717, 1.165) is 17.8 Å². The molecule has 122 valence electrons. The van der Waals surface area contributed by atoms with Crippen LogP contribution >= 0.6 is 0 Å². The van der Waals surface area contributed by atoms with E-state index in [1.54, 1.807) is 12.1 Å². The van der Waals surface area contributed by atoms with Crippen LogP contribution in [0.25, 0.3) is 0 Å². The Morgan fingerprint density at radius 1 is 0.818 bits per heavy atom. The lowest BCUT2D eigenvalue weighted by molar-refractivity contribution is 0.156. The van der Waals surface area contributed by atoms with Gasteiger partial charge in [-0.05, 0) is 79.9 Å². The molecule has 0 aromatic heterocycles. The topological polar surface area (TPSA) is 0 Å². The van der Waals surface area contributed by atoms with E-state index in [2.05, 4.69) is 6.92 Å². The van der Waals surface area contributed by atoms with Gasteiger partial charge in [0.25, 0.3) is 0 Å². The Labute approximate surface area is 135 Å². The minimum atomic E-state index is -0.110. The minimum absolute atomic E-state index is 0.110. The van der Waals surface area contributed by atoms with Crippen LogP contribution in [0.3, 0.4) is 0 Å². The van der Waals surface area contributed by atoms with E-state index < -0.39 is 0 Å². The van der Waals surface area contributed by atoms with Crippen LogP contribution < -0.4 is 0 Å². The molecule has 0 amide bonds. The van der Waals surface area contributed by atoms with Crippen LogP contribution in [0.1, 0.15) is 82.6 Å². The van der Waals surface area contributed by atoms with Crippen molar-refractivity contribution in [2.45, 2.75) is 77.0 Å². The fraction of sp³-hybridized carbons (Fsp3) is 0.714. The first kappa shape index (κ1) is 16.0. The van der Waals surface area contributed by atoms with Gasteiger partial charge in [0.05, 0.1) is 0 Å². The fourth-order valence-electron chi connectivity index (χ4n) is 5.02. The Kier molecular flexibility index (Phi) is 5.55. The first-order chi connectivity index (χ1) is 10.8.